The van der Waals surface area contributed by atoms with Crippen molar-refractivity contribution in [3.8, 4) is 11.1 Å². The Labute approximate surface area is 152 Å². The Kier molecular flexibility index (Phi) is 3.76. The molecular weight excluding hydrogens is 382 g/mol. The van der Waals surface area contributed by atoms with E-state index < -0.39 is 11.4 Å². The predicted molar refractivity (Wildman–Crippen MR) is 101 cm³/mol. The zero-order valence-electron chi connectivity index (χ0n) is 13.6. The summed E-state index contributed by atoms with van der Waals surface area (Å²) in [6, 6.07) is 12.0. The van der Waals surface area contributed by atoms with Crippen LogP contribution in [0.1, 0.15) is 35.3 Å². The second kappa shape index (κ2) is 5.85. The molecule has 25 heavy (non-hydrogen) atoms. The lowest BCUT2D eigenvalue weighted by Gasteiger charge is -2.28. The minimum Gasteiger partial charge on any atom is -0.477 e. The lowest BCUT2D eigenvalue weighted by Crippen LogP contribution is -2.24. The van der Waals surface area contributed by atoms with Crippen LogP contribution in [0.4, 0.5) is 0 Å². The fraction of sp³-hybridized carbons (Fsp3) is 0.200. The van der Waals surface area contributed by atoms with Crippen LogP contribution >= 0.6 is 15.9 Å². The highest BCUT2D eigenvalue weighted by atomic mass is 79.9. The zero-order valence-corrected chi connectivity index (χ0v) is 15.2. The summed E-state index contributed by atoms with van der Waals surface area (Å²) in [5.74, 6) is -1.17. The number of carboxylic acid groups (broad SMARTS) is 1. The van der Waals surface area contributed by atoms with Crippen molar-refractivity contribution in [3.05, 3.63) is 68.4 Å². The van der Waals surface area contributed by atoms with Gasteiger partial charge >= 0.3 is 5.97 Å². The number of carboxylic acids is 1. The van der Waals surface area contributed by atoms with Gasteiger partial charge in [-0.15, -0.1) is 0 Å². The van der Waals surface area contributed by atoms with Crippen LogP contribution in [0.15, 0.2) is 51.9 Å². The molecule has 0 bridgehead atoms. The lowest BCUT2D eigenvalue weighted by atomic mass is 9.89. The van der Waals surface area contributed by atoms with Crippen molar-refractivity contribution in [2.45, 2.75) is 25.8 Å². The molecule has 0 saturated carbocycles. The highest BCUT2D eigenvalue weighted by molar-refractivity contribution is 9.10. The van der Waals surface area contributed by atoms with E-state index in [1.54, 1.807) is 6.07 Å². The molecule has 5 heteroatoms. The first-order chi connectivity index (χ1) is 12.0. The second-order valence-electron chi connectivity index (χ2n) is 6.47. The van der Waals surface area contributed by atoms with E-state index in [9.17, 15) is 14.7 Å². The Bertz CT molecular complexity index is 1070. The Balaban J connectivity index is 2.09. The van der Waals surface area contributed by atoms with E-state index >= 15 is 0 Å². The SMILES string of the molecule is CC1CCc2c(-c3ccc(Br)cc3)ccc3c(=O)c(C(=O)O)cn1c23. The van der Waals surface area contributed by atoms with Crippen LogP contribution in [-0.4, -0.2) is 15.6 Å². The van der Waals surface area contributed by atoms with Crippen molar-refractivity contribution in [1.82, 2.24) is 4.57 Å². The normalized spacial score (nSPS) is 16.2. The second-order valence-corrected chi connectivity index (χ2v) is 7.38. The third-order valence-electron chi connectivity index (χ3n) is 4.97. The van der Waals surface area contributed by atoms with E-state index in [2.05, 4.69) is 22.9 Å². The van der Waals surface area contributed by atoms with Crippen LogP contribution < -0.4 is 5.43 Å². The average molecular weight is 398 g/mol. The molecule has 4 nitrogen and oxygen atoms in total. The molecule has 0 fully saturated rings. The molecule has 126 valence electrons. The number of carbonyl (C=O) groups is 1. The molecule has 0 spiro atoms. The van der Waals surface area contributed by atoms with Gasteiger partial charge in [0, 0.05) is 22.1 Å². The molecule has 1 N–H and O–H groups in total. The van der Waals surface area contributed by atoms with Crippen molar-refractivity contribution in [1.29, 1.82) is 0 Å². The molecule has 1 atom stereocenters. The van der Waals surface area contributed by atoms with Gasteiger partial charge in [0.25, 0.3) is 0 Å². The van der Waals surface area contributed by atoms with Gasteiger partial charge in [-0.05, 0) is 54.7 Å². The van der Waals surface area contributed by atoms with Gasteiger partial charge in [-0.25, -0.2) is 4.79 Å². The number of rotatable bonds is 2. The highest BCUT2D eigenvalue weighted by Gasteiger charge is 2.24. The maximum absolute atomic E-state index is 12.6. The summed E-state index contributed by atoms with van der Waals surface area (Å²) in [6.45, 7) is 2.06. The van der Waals surface area contributed by atoms with Crippen LogP contribution in [-0.2, 0) is 6.42 Å². The van der Waals surface area contributed by atoms with Crippen LogP contribution in [0.2, 0.25) is 0 Å². The van der Waals surface area contributed by atoms with E-state index in [4.69, 9.17) is 0 Å². The van der Waals surface area contributed by atoms with Crippen LogP contribution in [0.3, 0.4) is 0 Å². The fourth-order valence-corrected chi connectivity index (χ4v) is 3.93. The average Bonchev–Trinajstić information content (AvgIpc) is 2.60. The van der Waals surface area contributed by atoms with Crippen LogP contribution in [0.5, 0.6) is 0 Å². The van der Waals surface area contributed by atoms with E-state index in [1.165, 1.54) is 6.20 Å². The molecule has 0 radical (unpaired) electrons. The van der Waals surface area contributed by atoms with Gasteiger partial charge in [0.2, 0.25) is 5.43 Å². The molecule has 0 saturated heterocycles. The van der Waals surface area contributed by atoms with Crippen LogP contribution in [0.25, 0.3) is 22.0 Å². The van der Waals surface area contributed by atoms with E-state index in [0.717, 1.165) is 39.5 Å². The van der Waals surface area contributed by atoms with Gasteiger partial charge in [0.15, 0.2) is 0 Å². The summed E-state index contributed by atoms with van der Waals surface area (Å²) in [5, 5.41) is 9.85. The molecule has 1 aliphatic heterocycles. The van der Waals surface area contributed by atoms with Gasteiger partial charge in [-0.2, -0.15) is 0 Å². The summed E-state index contributed by atoms with van der Waals surface area (Å²) < 4.78 is 2.98. The standard InChI is InChI=1S/C20H16BrNO3/c1-11-2-7-15-14(12-3-5-13(21)6-4-12)8-9-16-18(15)22(11)10-17(19(16)23)20(24)25/h3-6,8-11H,2,7H2,1H3,(H,24,25). The molecule has 1 aliphatic rings. The van der Waals surface area contributed by atoms with E-state index in [0.29, 0.717) is 5.39 Å². The van der Waals surface area contributed by atoms with Gasteiger partial charge < -0.3 is 9.67 Å². The third kappa shape index (κ3) is 2.50. The van der Waals surface area contributed by atoms with E-state index in [-0.39, 0.29) is 11.6 Å². The Morgan fingerprint density at radius 1 is 1.20 bits per heavy atom. The van der Waals surface area contributed by atoms with Gasteiger partial charge in [-0.3, -0.25) is 4.79 Å². The summed E-state index contributed by atoms with van der Waals surface area (Å²) in [4.78, 5) is 24.1. The topological polar surface area (TPSA) is 59.3 Å². The number of aryl methyl sites for hydroxylation is 1. The van der Waals surface area contributed by atoms with Gasteiger partial charge in [0.1, 0.15) is 5.56 Å². The smallest absolute Gasteiger partial charge is 0.341 e. The summed E-state index contributed by atoms with van der Waals surface area (Å²) in [5.41, 5.74) is 3.61. The van der Waals surface area contributed by atoms with Crippen molar-refractivity contribution < 1.29 is 9.90 Å². The Morgan fingerprint density at radius 3 is 2.60 bits per heavy atom. The van der Waals surface area contributed by atoms with Crippen molar-refractivity contribution in [2.24, 2.45) is 0 Å². The number of halogens is 1. The first-order valence-corrected chi connectivity index (χ1v) is 8.96. The number of nitrogens with zero attached hydrogens (tertiary/aromatic N) is 1. The first kappa shape index (κ1) is 16.1. The fourth-order valence-electron chi connectivity index (χ4n) is 3.67. The number of pyridine rings is 1. The minimum absolute atomic E-state index is 0.161. The number of aromatic nitrogens is 1. The molecule has 1 unspecified atom stereocenters. The van der Waals surface area contributed by atoms with Gasteiger partial charge in [-0.1, -0.05) is 34.1 Å². The third-order valence-corrected chi connectivity index (χ3v) is 5.50. The largest absolute Gasteiger partial charge is 0.477 e. The summed E-state index contributed by atoms with van der Waals surface area (Å²) in [6.07, 6.45) is 3.29. The maximum atomic E-state index is 12.6. The molecule has 1 aromatic heterocycles. The molecule has 2 heterocycles. The monoisotopic (exact) mass is 397 g/mol. The molecule has 2 aromatic carbocycles. The maximum Gasteiger partial charge on any atom is 0.341 e. The quantitative estimate of drug-likeness (QED) is 0.685. The zero-order chi connectivity index (χ0) is 17.7. The number of hydrogen-bond acceptors (Lipinski definition) is 2. The number of benzene rings is 2. The van der Waals surface area contributed by atoms with Crippen molar-refractivity contribution in [2.75, 3.05) is 0 Å². The van der Waals surface area contributed by atoms with Crippen molar-refractivity contribution in [3.63, 3.8) is 0 Å². The molecular formula is C20H16BrNO3. The Morgan fingerprint density at radius 2 is 1.92 bits per heavy atom. The Hall–Kier alpha value is -2.40. The van der Waals surface area contributed by atoms with Crippen molar-refractivity contribution >= 4 is 32.8 Å². The lowest BCUT2D eigenvalue weighted by molar-refractivity contribution is 0.0694. The molecule has 3 aromatic rings. The highest BCUT2D eigenvalue weighted by Crippen LogP contribution is 2.36. The minimum atomic E-state index is -1.17. The number of hydrogen-bond donors (Lipinski definition) is 1. The van der Waals surface area contributed by atoms with Crippen LogP contribution in [0, 0.1) is 0 Å². The van der Waals surface area contributed by atoms with Gasteiger partial charge in [0.05, 0.1) is 5.52 Å². The molecule has 0 aliphatic carbocycles. The summed E-state index contributed by atoms with van der Waals surface area (Å²) >= 11 is 3.45. The van der Waals surface area contributed by atoms with E-state index in [1.807, 2.05) is 34.9 Å². The molecule has 0 amide bonds. The molecule has 4 rings (SSSR count). The summed E-state index contributed by atoms with van der Waals surface area (Å²) in [7, 11) is 0. The predicted octanol–water partition coefficient (Wildman–Crippen LogP) is 4.64. The first-order valence-electron chi connectivity index (χ1n) is 8.17. The number of aromatic carboxylic acids is 1.